The van der Waals surface area contributed by atoms with Gasteiger partial charge in [-0.05, 0) is 28.1 Å². The Morgan fingerprint density at radius 1 is 1.05 bits per heavy atom. The first kappa shape index (κ1) is 15.2. The predicted molar refractivity (Wildman–Crippen MR) is 88.1 cm³/mol. The van der Waals surface area contributed by atoms with Gasteiger partial charge in [0.1, 0.15) is 5.69 Å². The van der Waals surface area contributed by atoms with Crippen molar-refractivity contribution >= 4 is 39.1 Å². The van der Waals surface area contributed by atoms with Crippen LogP contribution in [0.25, 0.3) is 0 Å². The molecule has 0 aliphatic carbocycles. The molecule has 7 heteroatoms. The van der Waals surface area contributed by atoms with E-state index < -0.39 is 0 Å². The van der Waals surface area contributed by atoms with E-state index in [0.717, 1.165) is 4.47 Å². The van der Waals surface area contributed by atoms with Gasteiger partial charge in [-0.15, -0.1) is 11.3 Å². The number of carbonyl (C=O) groups is 2. The summed E-state index contributed by atoms with van der Waals surface area (Å²) >= 11 is 4.81. The van der Waals surface area contributed by atoms with Crippen LogP contribution in [0, 0.1) is 0 Å². The molecule has 5 nitrogen and oxygen atoms in total. The van der Waals surface area contributed by atoms with Crippen molar-refractivity contribution in [2.24, 2.45) is 0 Å². The third-order valence-electron chi connectivity index (χ3n) is 3.61. The maximum Gasteiger partial charge on any atom is 0.273 e. The van der Waals surface area contributed by atoms with Gasteiger partial charge in [0.15, 0.2) is 0 Å². The van der Waals surface area contributed by atoms with Gasteiger partial charge in [0, 0.05) is 36.0 Å². The lowest BCUT2D eigenvalue weighted by Gasteiger charge is -2.34. The van der Waals surface area contributed by atoms with Crippen molar-refractivity contribution < 1.29 is 9.59 Å². The number of thiazole rings is 1. The molecule has 0 bridgehead atoms. The number of nitrogens with zero attached hydrogens (tertiary/aromatic N) is 3. The minimum absolute atomic E-state index is 0.00627. The fraction of sp³-hybridized carbons (Fsp3) is 0.267. The summed E-state index contributed by atoms with van der Waals surface area (Å²) in [6.45, 7) is 2.14. The number of hydrogen-bond acceptors (Lipinski definition) is 4. The second-order valence-electron chi connectivity index (χ2n) is 4.94. The highest BCUT2D eigenvalue weighted by Crippen LogP contribution is 2.19. The smallest absolute Gasteiger partial charge is 0.273 e. The van der Waals surface area contributed by atoms with E-state index in [9.17, 15) is 9.59 Å². The highest BCUT2D eigenvalue weighted by Gasteiger charge is 2.26. The minimum atomic E-state index is -0.0609. The van der Waals surface area contributed by atoms with Gasteiger partial charge in [0.05, 0.1) is 11.1 Å². The van der Waals surface area contributed by atoms with Crippen molar-refractivity contribution in [1.29, 1.82) is 0 Å². The van der Waals surface area contributed by atoms with Gasteiger partial charge in [-0.3, -0.25) is 9.59 Å². The molecule has 1 aromatic heterocycles. The van der Waals surface area contributed by atoms with Crippen molar-refractivity contribution in [3.63, 3.8) is 0 Å². The van der Waals surface area contributed by atoms with Gasteiger partial charge in [-0.25, -0.2) is 4.98 Å². The Labute approximate surface area is 140 Å². The predicted octanol–water partition coefficient (Wildman–Crippen LogP) is 2.50. The van der Waals surface area contributed by atoms with Crippen LogP contribution < -0.4 is 0 Å². The lowest BCUT2D eigenvalue weighted by molar-refractivity contribution is 0.0532. The molecule has 22 heavy (non-hydrogen) atoms. The molecule has 0 N–H and O–H groups in total. The Hall–Kier alpha value is -1.73. The number of benzene rings is 1. The van der Waals surface area contributed by atoms with Crippen molar-refractivity contribution in [3.05, 3.63) is 50.9 Å². The fourth-order valence-electron chi connectivity index (χ4n) is 2.40. The molecule has 1 saturated heterocycles. The van der Waals surface area contributed by atoms with Gasteiger partial charge in [-0.2, -0.15) is 0 Å². The highest BCUT2D eigenvalue weighted by atomic mass is 79.9. The number of rotatable bonds is 2. The van der Waals surface area contributed by atoms with Crippen LogP contribution in [0.2, 0.25) is 0 Å². The maximum atomic E-state index is 12.5. The van der Waals surface area contributed by atoms with Crippen LogP contribution in [0.5, 0.6) is 0 Å². The second kappa shape index (κ2) is 6.58. The summed E-state index contributed by atoms with van der Waals surface area (Å²) < 4.78 is 0.793. The molecule has 114 valence electrons. The molecule has 1 fully saturated rings. The summed E-state index contributed by atoms with van der Waals surface area (Å²) in [5, 5.41) is 1.75. The van der Waals surface area contributed by atoms with E-state index in [1.165, 1.54) is 11.3 Å². The fourth-order valence-corrected chi connectivity index (χ4v) is 3.38. The molecule has 2 heterocycles. The normalized spacial score (nSPS) is 15.0. The largest absolute Gasteiger partial charge is 0.335 e. The van der Waals surface area contributed by atoms with Crippen LogP contribution in [0.4, 0.5) is 0 Å². The first-order valence-corrected chi connectivity index (χ1v) is 8.61. The molecule has 0 saturated carbocycles. The monoisotopic (exact) mass is 379 g/mol. The Bertz CT molecular complexity index is 682. The Morgan fingerprint density at radius 3 is 2.27 bits per heavy atom. The quantitative estimate of drug-likeness (QED) is 0.805. The van der Waals surface area contributed by atoms with E-state index in [1.807, 2.05) is 18.2 Å². The number of hydrogen-bond donors (Lipinski definition) is 0. The van der Waals surface area contributed by atoms with Gasteiger partial charge in [0.25, 0.3) is 11.8 Å². The first-order chi connectivity index (χ1) is 10.7. The summed E-state index contributed by atoms with van der Waals surface area (Å²) in [4.78, 5) is 32.3. The molecule has 1 aromatic carbocycles. The van der Waals surface area contributed by atoms with Crippen LogP contribution in [0.1, 0.15) is 20.8 Å². The van der Waals surface area contributed by atoms with Gasteiger partial charge in [-0.1, -0.05) is 12.1 Å². The summed E-state index contributed by atoms with van der Waals surface area (Å²) in [7, 11) is 0. The van der Waals surface area contributed by atoms with Gasteiger partial charge < -0.3 is 9.80 Å². The number of aromatic nitrogens is 1. The van der Waals surface area contributed by atoms with Crippen LogP contribution in [-0.4, -0.2) is 52.8 Å². The van der Waals surface area contributed by atoms with Crippen LogP contribution >= 0.6 is 27.3 Å². The number of halogens is 1. The second-order valence-corrected chi connectivity index (χ2v) is 6.51. The van der Waals surface area contributed by atoms with Crippen LogP contribution in [0.3, 0.4) is 0 Å². The molecule has 1 aliphatic rings. The molecule has 2 amide bonds. The first-order valence-electron chi connectivity index (χ1n) is 6.88. The van der Waals surface area contributed by atoms with E-state index >= 15 is 0 Å². The van der Waals surface area contributed by atoms with Crippen molar-refractivity contribution in [2.45, 2.75) is 0 Å². The molecule has 0 unspecified atom stereocenters. The Morgan fingerprint density at radius 2 is 1.68 bits per heavy atom. The van der Waals surface area contributed by atoms with E-state index in [1.54, 1.807) is 26.8 Å². The number of piperazine rings is 1. The van der Waals surface area contributed by atoms with E-state index in [4.69, 9.17) is 0 Å². The number of amides is 2. The van der Waals surface area contributed by atoms with E-state index in [-0.39, 0.29) is 11.8 Å². The molecule has 3 rings (SSSR count). The summed E-state index contributed by atoms with van der Waals surface area (Å²) in [6, 6.07) is 7.39. The SMILES string of the molecule is O=C(c1cscn1)N1CCN(C(=O)c2ccccc2Br)CC1. The average molecular weight is 380 g/mol. The van der Waals surface area contributed by atoms with Gasteiger partial charge >= 0.3 is 0 Å². The molecular weight excluding hydrogens is 366 g/mol. The van der Waals surface area contributed by atoms with E-state index in [0.29, 0.717) is 37.4 Å². The molecule has 0 atom stereocenters. The van der Waals surface area contributed by atoms with Crippen molar-refractivity contribution in [3.8, 4) is 0 Å². The Balaban J connectivity index is 1.63. The zero-order valence-corrected chi connectivity index (χ0v) is 14.1. The number of carbonyl (C=O) groups excluding carboxylic acids is 2. The van der Waals surface area contributed by atoms with Crippen molar-refractivity contribution in [2.75, 3.05) is 26.2 Å². The lowest BCUT2D eigenvalue weighted by atomic mass is 10.2. The highest BCUT2D eigenvalue weighted by molar-refractivity contribution is 9.10. The summed E-state index contributed by atoms with van der Waals surface area (Å²) in [6.07, 6.45) is 0. The van der Waals surface area contributed by atoms with E-state index in [2.05, 4.69) is 20.9 Å². The summed E-state index contributed by atoms with van der Waals surface area (Å²) in [5.41, 5.74) is 2.79. The molecule has 0 spiro atoms. The zero-order valence-electron chi connectivity index (χ0n) is 11.7. The van der Waals surface area contributed by atoms with Crippen molar-refractivity contribution in [1.82, 2.24) is 14.8 Å². The molecule has 0 radical (unpaired) electrons. The topological polar surface area (TPSA) is 53.5 Å². The lowest BCUT2D eigenvalue weighted by Crippen LogP contribution is -2.50. The standard InChI is InChI=1S/C15H14BrN3O2S/c16-12-4-2-1-3-11(12)14(20)18-5-7-19(8-6-18)15(21)13-9-22-10-17-13/h1-4,9-10H,5-8H2. The maximum absolute atomic E-state index is 12.5. The zero-order chi connectivity index (χ0) is 15.5. The van der Waals surface area contributed by atoms with Crippen LogP contribution in [-0.2, 0) is 0 Å². The molecule has 2 aromatic rings. The van der Waals surface area contributed by atoms with Gasteiger partial charge in [0.2, 0.25) is 0 Å². The third-order valence-corrected chi connectivity index (χ3v) is 4.89. The molecular formula is C15H14BrN3O2S. The average Bonchev–Trinajstić information content (AvgIpc) is 3.09. The van der Waals surface area contributed by atoms with Crippen LogP contribution in [0.15, 0.2) is 39.6 Å². The Kier molecular flexibility index (Phi) is 4.54. The molecule has 1 aliphatic heterocycles. The third kappa shape index (κ3) is 3.05. The summed E-state index contributed by atoms with van der Waals surface area (Å²) in [5.74, 6) is -0.0672. The minimum Gasteiger partial charge on any atom is -0.335 e.